The maximum atomic E-state index is 12.1. The maximum absolute atomic E-state index is 12.1. The van der Waals surface area contributed by atoms with Crippen LogP contribution in [0.15, 0.2) is 36.4 Å². The van der Waals surface area contributed by atoms with Crippen LogP contribution in [-0.4, -0.2) is 17.7 Å². The van der Waals surface area contributed by atoms with Gasteiger partial charge < -0.3 is 16.4 Å². The second kappa shape index (κ2) is 6.95. The number of carbonyl (C=O) groups is 3. The van der Waals surface area contributed by atoms with Gasteiger partial charge in [-0.2, -0.15) is 0 Å². The Morgan fingerprint density at radius 2 is 1.42 bits per heavy atom. The number of para-hydroxylation sites is 1. The monoisotopic (exact) mass is 325 g/mol. The van der Waals surface area contributed by atoms with Gasteiger partial charge in [0.1, 0.15) is 0 Å². The van der Waals surface area contributed by atoms with E-state index >= 15 is 0 Å². The first kappa shape index (κ1) is 17.2. The summed E-state index contributed by atoms with van der Waals surface area (Å²) >= 11 is 0. The summed E-state index contributed by atoms with van der Waals surface area (Å²) in [6.07, 6.45) is 0. The molecule has 0 atom stereocenters. The lowest BCUT2D eigenvalue weighted by Crippen LogP contribution is -2.30. The molecule has 0 aliphatic heterocycles. The van der Waals surface area contributed by atoms with Crippen molar-refractivity contribution in [3.63, 3.8) is 0 Å². The van der Waals surface area contributed by atoms with Crippen molar-refractivity contribution in [1.82, 2.24) is 0 Å². The summed E-state index contributed by atoms with van der Waals surface area (Å²) < 4.78 is 0. The predicted molar refractivity (Wildman–Crippen MR) is 92.9 cm³/mol. The molecule has 0 bridgehead atoms. The SMILES string of the molecule is Cc1cc(C)c(NC(=O)C(=O)Nc2ccccc2C(N)=O)c(C)c1. The average Bonchev–Trinajstić information content (AvgIpc) is 2.50. The van der Waals surface area contributed by atoms with E-state index in [1.54, 1.807) is 12.1 Å². The fourth-order valence-corrected chi connectivity index (χ4v) is 2.53. The van der Waals surface area contributed by atoms with Crippen molar-refractivity contribution < 1.29 is 14.4 Å². The van der Waals surface area contributed by atoms with E-state index < -0.39 is 17.7 Å². The standard InChI is InChI=1S/C18H19N3O3/c1-10-8-11(2)15(12(3)9-10)21-18(24)17(23)20-14-7-5-4-6-13(14)16(19)22/h4-9H,1-3H3,(H2,19,22)(H,20,23)(H,21,24). The maximum Gasteiger partial charge on any atom is 0.314 e. The number of aryl methyl sites for hydroxylation is 3. The fourth-order valence-electron chi connectivity index (χ4n) is 2.53. The summed E-state index contributed by atoms with van der Waals surface area (Å²) in [5, 5.41) is 5.02. The average molecular weight is 325 g/mol. The van der Waals surface area contributed by atoms with E-state index in [9.17, 15) is 14.4 Å². The topological polar surface area (TPSA) is 101 Å². The first-order valence-electron chi connectivity index (χ1n) is 7.38. The van der Waals surface area contributed by atoms with Crippen molar-refractivity contribution in [2.75, 3.05) is 10.6 Å². The molecular formula is C18H19N3O3. The number of hydrogen-bond donors (Lipinski definition) is 3. The lowest BCUT2D eigenvalue weighted by Gasteiger charge is -2.13. The van der Waals surface area contributed by atoms with Crippen molar-refractivity contribution in [2.45, 2.75) is 20.8 Å². The zero-order chi connectivity index (χ0) is 17.9. The van der Waals surface area contributed by atoms with Gasteiger partial charge in [-0.3, -0.25) is 14.4 Å². The molecule has 124 valence electrons. The summed E-state index contributed by atoms with van der Waals surface area (Å²) in [7, 11) is 0. The first-order chi connectivity index (χ1) is 11.3. The zero-order valence-electron chi connectivity index (χ0n) is 13.8. The molecule has 0 radical (unpaired) electrons. The second-order valence-corrected chi connectivity index (χ2v) is 5.59. The number of rotatable bonds is 3. The molecule has 0 spiro atoms. The summed E-state index contributed by atoms with van der Waals surface area (Å²) in [6.45, 7) is 5.67. The Kier molecular flexibility index (Phi) is 4.99. The van der Waals surface area contributed by atoms with Gasteiger partial charge in [0.2, 0.25) is 0 Å². The summed E-state index contributed by atoms with van der Waals surface area (Å²) in [4.78, 5) is 35.6. The minimum atomic E-state index is -0.872. The molecule has 0 saturated heterocycles. The van der Waals surface area contributed by atoms with Gasteiger partial charge in [-0.05, 0) is 44.0 Å². The van der Waals surface area contributed by atoms with Gasteiger partial charge in [0, 0.05) is 5.69 Å². The largest absolute Gasteiger partial charge is 0.366 e. The van der Waals surface area contributed by atoms with E-state index in [1.165, 1.54) is 12.1 Å². The smallest absolute Gasteiger partial charge is 0.314 e. The molecule has 6 nitrogen and oxygen atoms in total. The number of carbonyl (C=O) groups excluding carboxylic acids is 3. The molecule has 4 N–H and O–H groups in total. The van der Waals surface area contributed by atoms with Crippen molar-refractivity contribution in [1.29, 1.82) is 0 Å². The van der Waals surface area contributed by atoms with E-state index in [-0.39, 0.29) is 11.3 Å². The van der Waals surface area contributed by atoms with Crippen molar-refractivity contribution in [2.24, 2.45) is 5.73 Å². The minimum Gasteiger partial charge on any atom is -0.366 e. The number of primary amides is 1. The third-order valence-electron chi connectivity index (χ3n) is 3.56. The molecule has 6 heteroatoms. The number of benzene rings is 2. The summed E-state index contributed by atoms with van der Waals surface area (Å²) in [5.41, 5.74) is 9.00. The van der Waals surface area contributed by atoms with Crippen molar-refractivity contribution in [3.8, 4) is 0 Å². The number of nitrogens with two attached hydrogens (primary N) is 1. The Hall–Kier alpha value is -3.15. The quantitative estimate of drug-likeness (QED) is 0.755. The van der Waals surface area contributed by atoms with Crippen LogP contribution >= 0.6 is 0 Å². The van der Waals surface area contributed by atoms with Crippen LogP contribution in [0.25, 0.3) is 0 Å². The number of amides is 3. The Labute approximate surface area is 140 Å². The van der Waals surface area contributed by atoms with Gasteiger partial charge in [0.05, 0.1) is 11.3 Å². The number of anilines is 2. The molecule has 0 heterocycles. The summed E-state index contributed by atoms with van der Waals surface area (Å²) in [5.74, 6) is -2.37. The number of hydrogen-bond acceptors (Lipinski definition) is 3. The molecule has 2 aromatic rings. The Balaban J connectivity index is 2.17. The van der Waals surface area contributed by atoms with Crippen molar-refractivity contribution in [3.05, 3.63) is 58.7 Å². The molecule has 0 aliphatic carbocycles. The minimum absolute atomic E-state index is 0.140. The van der Waals surface area contributed by atoms with Crippen LogP contribution < -0.4 is 16.4 Å². The van der Waals surface area contributed by atoms with E-state index in [2.05, 4.69) is 10.6 Å². The highest BCUT2D eigenvalue weighted by Gasteiger charge is 2.18. The lowest BCUT2D eigenvalue weighted by atomic mass is 10.1. The summed E-state index contributed by atoms with van der Waals surface area (Å²) in [6, 6.07) is 10.1. The fraction of sp³-hybridized carbons (Fsp3) is 0.167. The predicted octanol–water partition coefficient (Wildman–Crippen LogP) is 2.29. The first-order valence-corrected chi connectivity index (χ1v) is 7.38. The van der Waals surface area contributed by atoms with Crippen LogP contribution in [0.4, 0.5) is 11.4 Å². The highest BCUT2D eigenvalue weighted by atomic mass is 16.2. The molecule has 0 aliphatic rings. The molecule has 24 heavy (non-hydrogen) atoms. The van der Waals surface area contributed by atoms with Gasteiger partial charge in [-0.1, -0.05) is 29.8 Å². The van der Waals surface area contributed by atoms with Crippen LogP contribution in [0.1, 0.15) is 27.0 Å². The molecule has 0 aromatic heterocycles. The van der Waals surface area contributed by atoms with Gasteiger partial charge in [-0.25, -0.2) is 0 Å². The third kappa shape index (κ3) is 3.78. The van der Waals surface area contributed by atoms with Crippen LogP contribution in [0, 0.1) is 20.8 Å². The Bertz CT molecular complexity index is 805. The molecule has 2 aromatic carbocycles. The van der Waals surface area contributed by atoms with Gasteiger partial charge >= 0.3 is 11.8 Å². The van der Waals surface area contributed by atoms with Crippen LogP contribution in [-0.2, 0) is 9.59 Å². The molecule has 0 fully saturated rings. The van der Waals surface area contributed by atoms with E-state index in [0.29, 0.717) is 5.69 Å². The molecule has 0 unspecified atom stereocenters. The molecule has 2 rings (SSSR count). The highest BCUT2D eigenvalue weighted by molar-refractivity contribution is 6.44. The zero-order valence-corrected chi connectivity index (χ0v) is 13.8. The molecule has 0 saturated carbocycles. The van der Waals surface area contributed by atoms with Crippen LogP contribution in [0.5, 0.6) is 0 Å². The molecule has 3 amide bonds. The van der Waals surface area contributed by atoms with Crippen LogP contribution in [0.2, 0.25) is 0 Å². The number of nitrogens with one attached hydrogen (secondary N) is 2. The third-order valence-corrected chi connectivity index (χ3v) is 3.56. The second-order valence-electron chi connectivity index (χ2n) is 5.59. The highest BCUT2D eigenvalue weighted by Crippen LogP contribution is 2.22. The van der Waals surface area contributed by atoms with Gasteiger partial charge in [0.15, 0.2) is 0 Å². The molecular weight excluding hydrogens is 306 g/mol. The van der Waals surface area contributed by atoms with Crippen molar-refractivity contribution >= 4 is 29.1 Å². The Morgan fingerprint density at radius 3 is 2.00 bits per heavy atom. The van der Waals surface area contributed by atoms with Gasteiger partial charge in [0.25, 0.3) is 5.91 Å². The van der Waals surface area contributed by atoms with E-state index in [0.717, 1.165) is 16.7 Å². The van der Waals surface area contributed by atoms with Crippen LogP contribution in [0.3, 0.4) is 0 Å². The normalized spacial score (nSPS) is 10.1. The van der Waals surface area contributed by atoms with Gasteiger partial charge in [-0.15, -0.1) is 0 Å². The van der Waals surface area contributed by atoms with E-state index in [4.69, 9.17) is 5.73 Å². The Morgan fingerprint density at radius 1 is 0.875 bits per heavy atom. The lowest BCUT2D eigenvalue weighted by molar-refractivity contribution is -0.133. The van der Waals surface area contributed by atoms with E-state index in [1.807, 2.05) is 32.9 Å².